The molecule has 1 aromatic rings. The Labute approximate surface area is 151 Å². The van der Waals surface area contributed by atoms with Gasteiger partial charge in [-0.25, -0.2) is 0 Å². The van der Waals surface area contributed by atoms with Crippen LogP contribution in [0.5, 0.6) is 0 Å². The van der Waals surface area contributed by atoms with E-state index < -0.39 is 0 Å². The van der Waals surface area contributed by atoms with Crippen LogP contribution in [0.25, 0.3) is 0 Å². The molecule has 0 radical (unpaired) electrons. The van der Waals surface area contributed by atoms with Crippen molar-refractivity contribution in [2.24, 2.45) is 0 Å². The first-order valence-electron chi connectivity index (χ1n) is 8.78. The minimum Gasteiger partial charge on any atom is -0.367 e. The SMILES string of the molecule is CN(C)C(=O)CO[C@H]1CSC2(C1)CN(C(=O)c1n[nH]c3c1CCC3)C2. The summed E-state index contributed by atoms with van der Waals surface area (Å²) in [6.07, 6.45) is 4.06. The number of likely N-dealkylation sites (N-methyl/N-ethyl adjacent to an activating group) is 1. The van der Waals surface area contributed by atoms with Crippen molar-refractivity contribution in [2.45, 2.75) is 36.5 Å². The summed E-state index contributed by atoms with van der Waals surface area (Å²) in [6, 6.07) is 0. The van der Waals surface area contributed by atoms with Gasteiger partial charge in [-0.2, -0.15) is 5.10 Å². The number of fused-ring (bicyclic) bond motifs is 1. The van der Waals surface area contributed by atoms with Crippen molar-refractivity contribution in [3.63, 3.8) is 0 Å². The average Bonchev–Trinajstić information content (AvgIpc) is 3.24. The Kier molecular flexibility index (Phi) is 4.27. The van der Waals surface area contributed by atoms with Crippen molar-refractivity contribution < 1.29 is 14.3 Å². The van der Waals surface area contributed by atoms with E-state index in [9.17, 15) is 9.59 Å². The molecule has 7 nitrogen and oxygen atoms in total. The maximum atomic E-state index is 12.7. The minimum atomic E-state index is -0.0104. The number of ether oxygens (including phenoxy) is 1. The Bertz CT molecular complexity index is 696. The first-order valence-corrected chi connectivity index (χ1v) is 9.77. The molecule has 136 valence electrons. The Hall–Kier alpha value is -1.54. The molecule has 0 saturated carbocycles. The van der Waals surface area contributed by atoms with Crippen LogP contribution in [0.2, 0.25) is 0 Å². The van der Waals surface area contributed by atoms with Gasteiger partial charge in [0, 0.05) is 44.2 Å². The van der Waals surface area contributed by atoms with Gasteiger partial charge in [-0.1, -0.05) is 0 Å². The van der Waals surface area contributed by atoms with Gasteiger partial charge < -0.3 is 14.5 Å². The van der Waals surface area contributed by atoms with E-state index in [1.54, 1.807) is 19.0 Å². The molecule has 25 heavy (non-hydrogen) atoms. The molecule has 1 atom stereocenters. The number of thioether (sulfide) groups is 1. The maximum Gasteiger partial charge on any atom is 0.274 e. The fourth-order valence-electron chi connectivity index (χ4n) is 3.89. The fourth-order valence-corrected chi connectivity index (χ4v) is 5.44. The van der Waals surface area contributed by atoms with Gasteiger partial charge in [0.15, 0.2) is 5.69 Å². The average molecular weight is 364 g/mol. The molecule has 2 saturated heterocycles. The van der Waals surface area contributed by atoms with Crippen molar-refractivity contribution >= 4 is 23.6 Å². The molecule has 2 aliphatic heterocycles. The number of aromatic nitrogens is 2. The number of nitrogens with zero attached hydrogens (tertiary/aromatic N) is 3. The molecule has 0 bridgehead atoms. The number of carbonyl (C=O) groups is 2. The Balaban J connectivity index is 1.30. The number of amides is 2. The highest BCUT2D eigenvalue weighted by molar-refractivity contribution is 8.01. The van der Waals surface area contributed by atoms with Gasteiger partial charge in [-0.15, -0.1) is 11.8 Å². The second kappa shape index (κ2) is 6.32. The summed E-state index contributed by atoms with van der Waals surface area (Å²) in [5, 5.41) is 7.26. The monoisotopic (exact) mass is 364 g/mol. The predicted molar refractivity (Wildman–Crippen MR) is 94.8 cm³/mol. The van der Waals surface area contributed by atoms with Crippen molar-refractivity contribution in [1.82, 2.24) is 20.0 Å². The first-order chi connectivity index (χ1) is 12.0. The number of aromatic amines is 1. The predicted octanol–water partition coefficient (Wildman–Crippen LogP) is 0.703. The van der Waals surface area contributed by atoms with Gasteiger partial charge in [-0.05, 0) is 25.7 Å². The molecule has 1 aromatic heterocycles. The van der Waals surface area contributed by atoms with Crippen LogP contribution in [0.3, 0.4) is 0 Å². The van der Waals surface area contributed by atoms with Crippen molar-refractivity contribution in [3.05, 3.63) is 17.0 Å². The lowest BCUT2D eigenvalue weighted by Gasteiger charge is -2.47. The van der Waals surface area contributed by atoms with Crippen molar-refractivity contribution in [2.75, 3.05) is 39.5 Å². The summed E-state index contributed by atoms with van der Waals surface area (Å²) in [5.41, 5.74) is 2.87. The maximum absolute atomic E-state index is 12.7. The largest absolute Gasteiger partial charge is 0.367 e. The molecule has 1 aliphatic carbocycles. The first kappa shape index (κ1) is 16.9. The number of carbonyl (C=O) groups excluding carboxylic acids is 2. The van der Waals surface area contributed by atoms with Gasteiger partial charge in [0.05, 0.1) is 10.9 Å². The van der Waals surface area contributed by atoms with E-state index in [2.05, 4.69) is 10.2 Å². The fraction of sp³-hybridized carbons (Fsp3) is 0.706. The third-order valence-corrected chi connectivity index (χ3v) is 6.95. The lowest BCUT2D eigenvalue weighted by molar-refractivity contribution is -0.135. The van der Waals surface area contributed by atoms with Crippen LogP contribution in [0, 0.1) is 0 Å². The quantitative estimate of drug-likeness (QED) is 0.851. The van der Waals surface area contributed by atoms with Gasteiger partial charge in [0.2, 0.25) is 5.91 Å². The normalized spacial score (nSPS) is 23.6. The van der Waals surface area contributed by atoms with E-state index in [4.69, 9.17) is 4.74 Å². The third kappa shape index (κ3) is 3.06. The highest BCUT2D eigenvalue weighted by Crippen LogP contribution is 2.46. The third-order valence-electron chi connectivity index (χ3n) is 5.37. The number of aryl methyl sites for hydroxylation is 1. The molecule has 1 spiro atoms. The van der Waals surface area contributed by atoms with Crippen LogP contribution in [0.4, 0.5) is 0 Å². The van der Waals surface area contributed by atoms with E-state index in [1.807, 2.05) is 16.7 Å². The number of hydrogen-bond donors (Lipinski definition) is 1. The van der Waals surface area contributed by atoms with E-state index >= 15 is 0 Å². The molecule has 2 amide bonds. The van der Waals surface area contributed by atoms with E-state index in [0.717, 1.165) is 55.8 Å². The number of nitrogens with one attached hydrogen (secondary N) is 1. The van der Waals surface area contributed by atoms with E-state index in [1.165, 1.54) is 0 Å². The zero-order valence-electron chi connectivity index (χ0n) is 14.7. The summed E-state index contributed by atoms with van der Waals surface area (Å²) >= 11 is 1.87. The van der Waals surface area contributed by atoms with Crippen LogP contribution in [0.15, 0.2) is 0 Å². The summed E-state index contributed by atoms with van der Waals surface area (Å²) in [7, 11) is 3.47. The lowest BCUT2D eigenvalue weighted by Crippen LogP contribution is -2.61. The molecule has 4 rings (SSSR count). The van der Waals surface area contributed by atoms with Crippen molar-refractivity contribution in [1.29, 1.82) is 0 Å². The topological polar surface area (TPSA) is 78.5 Å². The molecule has 2 fully saturated rings. The molecule has 0 aromatic carbocycles. The highest BCUT2D eigenvalue weighted by atomic mass is 32.2. The number of rotatable bonds is 4. The Morgan fingerprint density at radius 2 is 2.20 bits per heavy atom. The zero-order chi connectivity index (χ0) is 17.6. The standard InChI is InChI=1S/C17H24N4O3S/c1-20(2)14(22)7-24-11-6-17(25-8-11)9-21(10-17)16(23)15-12-4-3-5-13(12)18-19-15/h11H,3-10H2,1-2H3,(H,18,19)/t11-/m1/s1. The molecule has 3 aliphatic rings. The second-order valence-corrected chi connectivity index (χ2v) is 8.95. The minimum absolute atomic E-state index is 0.0104. The second-order valence-electron chi connectivity index (χ2n) is 7.46. The van der Waals surface area contributed by atoms with E-state index in [-0.39, 0.29) is 29.3 Å². The molecular weight excluding hydrogens is 340 g/mol. The highest BCUT2D eigenvalue weighted by Gasteiger charge is 2.51. The van der Waals surface area contributed by atoms with Crippen LogP contribution >= 0.6 is 11.8 Å². The zero-order valence-corrected chi connectivity index (χ0v) is 15.5. The van der Waals surface area contributed by atoms with Crippen molar-refractivity contribution in [3.8, 4) is 0 Å². The molecule has 0 unspecified atom stereocenters. The summed E-state index contributed by atoms with van der Waals surface area (Å²) < 4.78 is 5.85. The lowest BCUT2D eigenvalue weighted by atomic mass is 9.92. The molecule has 3 heterocycles. The van der Waals surface area contributed by atoms with Crippen LogP contribution in [-0.2, 0) is 22.4 Å². The summed E-state index contributed by atoms with van der Waals surface area (Å²) in [6.45, 7) is 1.63. The van der Waals surface area contributed by atoms with Crippen LogP contribution < -0.4 is 0 Å². The Morgan fingerprint density at radius 3 is 2.96 bits per heavy atom. The van der Waals surface area contributed by atoms with Crippen LogP contribution in [0.1, 0.15) is 34.6 Å². The number of likely N-dealkylation sites (tertiary alicyclic amines) is 1. The number of hydrogen-bond acceptors (Lipinski definition) is 5. The van der Waals surface area contributed by atoms with E-state index in [0.29, 0.717) is 5.69 Å². The molecular formula is C17H24N4O3S. The molecule has 1 N–H and O–H groups in total. The molecule has 8 heteroatoms. The Morgan fingerprint density at radius 1 is 1.40 bits per heavy atom. The smallest absolute Gasteiger partial charge is 0.274 e. The van der Waals surface area contributed by atoms with Gasteiger partial charge in [0.1, 0.15) is 6.61 Å². The number of H-pyrrole nitrogens is 1. The summed E-state index contributed by atoms with van der Waals surface area (Å²) in [5.74, 6) is 0.933. The van der Waals surface area contributed by atoms with Crippen LogP contribution in [-0.4, -0.2) is 82.2 Å². The van der Waals surface area contributed by atoms with Gasteiger partial charge >= 0.3 is 0 Å². The summed E-state index contributed by atoms with van der Waals surface area (Å²) in [4.78, 5) is 27.8. The van der Waals surface area contributed by atoms with Gasteiger partial charge in [0.25, 0.3) is 5.91 Å². The van der Waals surface area contributed by atoms with Gasteiger partial charge in [-0.3, -0.25) is 14.7 Å².